The zero-order valence-electron chi connectivity index (χ0n) is 17.0. The Labute approximate surface area is 221 Å². The molecular weight excluding hydrogens is 686 g/mol. The summed E-state index contributed by atoms with van der Waals surface area (Å²) < 4.78 is 54.0. The molecule has 4 aromatic carbocycles. The molecule has 0 radical (unpaired) electrons. The van der Waals surface area contributed by atoms with Crippen LogP contribution in [0.5, 0.6) is 0 Å². The summed E-state index contributed by atoms with van der Waals surface area (Å²) in [5.74, 6) is 0. The maximum atomic E-state index is 12.0. The lowest BCUT2D eigenvalue weighted by molar-refractivity contribution is 0.461. The minimum absolute atomic E-state index is 0.211. The Morgan fingerprint density at radius 1 is 0.455 bits per heavy atom. The molecule has 170 valence electrons. The lowest BCUT2D eigenvalue weighted by Crippen LogP contribution is -2.14. The van der Waals surface area contributed by atoms with Gasteiger partial charge in [-0.3, -0.25) is 0 Å². The van der Waals surface area contributed by atoms with Crippen molar-refractivity contribution in [2.45, 2.75) is 9.79 Å². The fraction of sp³-hybridized carbons (Fsp3) is 0. The van der Waals surface area contributed by atoms with E-state index in [9.17, 15) is 16.8 Å². The standard InChI is InChI=1S/C12H8I2O5S2.C12H10/c13-9-1-5-11(6-2-9)20(15,16)19-21(17,18)12-7-3-10(14)4-8-12;1-3-7-11(8-4-1)12-9-5-2-6-10-12/h1-8H;1-10H. The number of benzene rings is 4. The predicted molar refractivity (Wildman–Crippen MR) is 146 cm³/mol. The summed E-state index contributed by atoms with van der Waals surface area (Å²) in [5, 5.41) is 0. The van der Waals surface area contributed by atoms with Gasteiger partial charge in [-0.15, -0.1) is 3.63 Å². The van der Waals surface area contributed by atoms with Crippen molar-refractivity contribution in [1.82, 2.24) is 0 Å². The van der Waals surface area contributed by atoms with Gasteiger partial charge in [0.2, 0.25) is 0 Å². The summed E-state index contributed by atoms with van der Waals surface area (Å²) in [4.78, 5) is -0.422. The molecule has 0 bridgehead atoms. The van der Waals surface area contributed by atoms with E-state index in [1.54, 1.807) is 24.3 Å². The summed E-state index contributed by atoms with van der Waals surface area (Å²) in [5.41, 5.74) is 2.55. The van der Waals surface area contributed by atoms with Gasteiger partial charge in [0.05, 0.1) is 9.79 Å². The van der Waals surface area contributed by atoms with E-state index in [0.29, 0.717) is 0 Å². The van der Waals surface area contributed by atoms with Crippen molar-refractivity contribution in [1.29, 1.82) is 0 Å². The van der Waals surface area contributed by atoms with Crippen LogP contribution in [0.3, 0.4) is 0 Å². The zero-order chi connectivity index (χ0) is 23.9. The van der Waals surface area contributed by atoms with Crippen LogP contribution in [0.1, 0.15) is 0 Å². The van der Waals surface area contributed by atoms with Gasteiger partial charge in [0, 0.05) is 7.14 Å². The molecule has 0 spiro atoms. The number of hydrogen-bond acceptors (Lipinski definition) is 5. The van der Waals surface area contributed by atoms with Gasteiger partial charge in [-0.2, -0.15) is 16.8 Å². The second kappa shape index (κ2) is 11.6. The molecule has 0 fully saturated rings. The fourth-order valence-electron chi connectivity index (χ4n) is 2.66. The lowest BCUT2D eigenvalue weighted by atomic mass is 10.1. The van der Waals surface area contributed by atoms with Crippen molar-refractivity contribution >= 4 is 65.4 Å². The SMILES string of the molecule is O=S(=O)(OS(=O)(=O)c1ccc(I)cc1)c1ccc(I)cc1.c1ccc(-c2ccccc2)cc1. The maximum Gasteiger partial charge on any atom is 0.311 e. The van der Waals surface area contributed by atoms with Crippen molar-refractivity contribution < 1.29 is 20.5 Å². The highest BCUT2D eigenvalue weighted by atomic mass is 127. The summed E-state index contributed by atoms with van der Waals surface area (Å²) in [6.07, 6.45) is 0. The quantitative estimate of drug-likeness (QED) is 0.227. The Kier molecular flexibility index (Phi) is 9.04. The Bertz CT molecular complexity index is 1280. The molecule has 0 saturated carbocycles. The summed E-state index contributed by atoms with van der Waals surface area (Å²) in [7, 11) is -8.77. The normalized spacial score (nSPS) is 11.3. The lowest BCUT2D eigenvalue weighted by Gasteiger charge is -2.06. The van der Waals surface area contributed by atoms with Crippen molar-refractivity contribution in [2.75, 3.05) is 0 Å². The van der Waals surface area contributed by atoms with Gasteiger partial charge in [-0.1, -0.05) is 60.7 Å². The highest BCUT2D eigenvalue weighted by Crippen LogP contribution is 2.22. The molecule has 0 atom stereocenters. The van der Waals surface area contributed by atoms with E-state index in [-0.39, 0.29) is 9.79 Å². The van der Waals surface area contributed by atoms with E-state index in [1.807, 2.05) is 57.3 Å². The molecule has 4 rings (SSSR count). The topological polar surface area (TPSA) is 77.5 Å². The third-order valence-corrected chi connectivity index (χ3v) is 8.84. The van der Waals surface area contributed by atoms with Crippen LogP contribution in [-0.2, 0) is 23.9 Å². The molecule has 4 aromatic rings. The molecule has 0 unspecified atom stereocenters. The van der Waals surface area contributed by atoms with E-state index in [4.69, 9.17) is 0 Å². The van der Waals surface area contributed by atoms with E-state index in [2.05, 4.69) is 52.2 Å². The van der Waals surface area contributed by atoms with Crippen molar-refractivity contribution in [3.05, 3.63) is 116 Å². The van der Waals surface area contributed by atoms with Crippen molar-refractivity contribution in [3.63, 3.8) is 0 Å². The van der Waals surface area contributed by atoms with E-state index in [0.717, 1.165) is 7.14 Å². The first-order valence-corrected chi connectivity index (χ1v) is 14.5. The smallest absolute Gasteiger partial charge is 0.193 e. The molecule has 0 aliphatic rings. The minimum Gasteiger partial charge on any atom is -0.193 e. The Hall–Kier alpha value is -1.80. The number of rotatable bonds is 5. The summed E-state index contributed by atoms with van der Waals surface area (Å²) >= 11 is 4.02. The fourth-order valence-corrected chi connectivity index (χ4v) is 5.89. The molecule has 5 nitrogen and oxygen atoms in total. The monoisotopic (exact) mass is 704 g/mol. The molecule has 0 amide bonds. The van der Waals surface area contributed by atoms with Gasteiger partial charge < -0.3 is 0 Å². The maximum absolute atomic E-state index is 12.0. The first kappa shape index (κ1) is 25.8. The van der Waals surface area contributed by atoms with Gasteiger partial charge in [0.15, 0.2) is 0 Å². The van der Waals surface area contributed by atoms with Gasteiger partial charge in [0.1, 0.15) is 0 Å². The van der Waals surface area contributed by atoms with Crippen LogP contribution in [0.15, 0.2) is 119 Å². The van der Waals surface area contributed by atoms with Crippen molar-refractivity contribution in [3.8, 4) is 11.1 Å². The Morgan fingerprint density at radius 3 is 1.06 bits per heavy atom. The molecule has 0 heterocycles. The molecule has 9 heteroatoms. The second-order valence-electron chi connectivity index (χ2n) is 6.62. The van der Waals surface area contributed by atoms with Crippen molar-refractivity contribution in [2.24, 2.45) is 0 Å². The van der Waals surface area contributed by atoms with Crippen LogP contribution >= 0.6 is 45.2 Å². The number of hydrogen-bond donors (Lipinski definition) is 0. The van der Waals surface area contributed by atoms with Crippen LogP contribution in [0.2, 0.25) is 0 Å². The molecular formula is C24H18I2O5S2. The zero-order valence-corrected chi connectivity index (χ0v) is 23.0. The first-order valence-electron chi connectivity index (χ1n) is 9.50. The number of halogens is 2. The molecule has 0 saturated heterocycles. The molecule has 0 aliphatic carbocycles. The van der Waals surface area contributed by atoms with Gasteiger partial charge in [-0.05, 0) is 105 Å². The largest absolute Gasteiger partial charge is 0.311 e. The van der Waals surface area contributed by atoms with Gasteiger partial charge in [-0.25, -0.2) is 0 Å². The van der Waals surface area contributed by atoms with Crippen LogP contribution in [0.25, 0.3) is 11.1 Å². The molecule has 0 N–H and O–H groups in total. The molecule has 0 aliphatic heterocycles. The van der Waals surface area contributed by atoms with Gasteiger partial charge >= 0.3 is 20.2 Å². The minimum atomic E-state index is -4.39. The second-order valence-corrected chi connectivity index (χ2v) is 12.4. The highest BCUT2D eigenvalue weighted by molar-refractivity contribution is 14.1. The average molecular weight is 704 g/mol. The van der Waals surface area contributed by atoms with Crippen LogP contribution in [0, 0.1) is 7.14 Å². The summed E-state index contributed by atoms with van der Waals surface area (Å²) in [6.45, 7) is 0. The van der Waals surface area contributed by atoms with E-state index < -0.39 is 20.2 Å². The molecule has 33 heavy (non-hydrogen) atoms. The van der Waals surface area contributed by atoms with Crippen LogP contribution in [0.4, 0.5) is 0 Å². The highest BCUT2D eigenvalue weighted by Gasteiger charge is 2.26. The average Bonchev–Trinajstić information content (AvgIpc) is 2.81. The third kappa shape index (κ3) is 7.60. The first-order chi connectivity index (χ1) is 15.7. The Balaban J connectivity index is 0.000000215. The van der Waals surface area contributed by atoms with Crippen LogP contribution in [-0.4, -0.2) is 16.8 Å². The summed E-state index contributed by atoms with van der Waals surface area (Å²) in [6, 6.07) is 32.1. The molecule has 0 aromatic heterocycles. The third-order valence-electron chi connectivity index (χ3n) is 4.26. The van der Waals surface area contributed by atoms with Crippen LogP contribution < -0.4 is 0 Å². The van der Waals surface area contributed by atoms with Gasteiger partial charge in [0.25, 0.3) is 0 Å². The van der Waals surface area contributed by atoms with E-state index in [1.165, 1.54) is 35.4 Å². The predicted octanol–water partition coefficient (Wildman–Crippen LogP) is 6.34. The Morgan fingerprint density at radius 2 is 0.758 bits per heavy atom. The van der Waals surface area contributed by atoms with E-state index >= 15 is 0 Å².